The first kappa shape index (κ1) is 21.7. The van der Waals surface area contributed by atoms with E-state index in [2.05, 4.69) is 10.3 Å². The van der Waals surface area contributed by atoms with Gasteiger partial charge in [-0.1, -0.05) is 48.9 Å². The highest BCUT2D eigenvalue weighted by molar-refractivity contribution is 7.89. The number of hydrogen-bond donors (Lipinski definition) is 1. The van der Waals surface area contributed by atoms with Gasteiger partial charge in [0.1, 0.15) is 0 Å². The number of sulfonamides is 1. The largest absolute Gasteiger partial charge is 0.298 e. The lowest BCUT2D eigenvalue weighted by molar-refractivity contribution is 0.102. The standard InChI is InChI=1S/C20H22ClN3O3S2/c1-3-11-24(12-4-2)29(26,27)14-9-10-17-18(13-14)28-20(22-17)23-19(25)15-7-5-6-8-16(15)21/h5-10,13H,3-4,11-12H2,1-2H3,(H,22,23,25). The maximum Gasteiger partial charge on any atom is 0.258 e. The summed E-state index contributed by atoms with van der Waals surface area (Å²) in [7, 11) is -3.57. The Morgan fingerprint density at radius 1 is 1.14 bits per heavy atom. The van der Waals surface area contributed by atoms with Crippen LogP contribution in [0.2, 0.25) is 5.02 Å². The predicted molar refractivity (Wildman–Crippen MR) is 118 cm³/mol. The van der Waals surface area contributed by atoms with E-state index in [4.69, 9.17) is 11.6 Å². The van der Waals surface area contributed by atoms with Crippen molar-refractivity contribution in [2.75, 3.05) is 18.4 Å². The summed E-state index contributed by atoms with van der Waals surface area (Å²) in [5.74, 6) is -0.362. The fourth-order valence-corrected chi connectivity index (χ4v) is 5.78. The molecule has 3 aromatic rings. The lowest BCUT2D eigenvalue weighted by Gasteiger charge is -2.20. The minimum Gasteiger partial charge on any atom is -0.298 e. The fourth-order valence-electron chi connectivity index (χ4n) is 2.93. The van der Waals surface area contributed by atoms with E-state index in [1.807, 2.05) is 13.8 Å². The summed E-state index contributed by atoms with van der Waals surface area (Å²) in [5.41, 5.74) is 0.979. The zero-order chi connectivity index (χ0) is 21.0. The number of carbonyl (C=O) groups excluding carboxylic acids is 1. The van der Waals surface area contributed by atoms with Crippen LogP contribution >= 0.6 is 22.9 Å². The first-order valence-corrected chi connectivity index (χ1v) is 12.0. The van der Waals surface area contributed by atoms with E-state index in [9.17, 15) is 13.2 Å². The Hall–Kier alpha value is -2.00. The van der Waals surface area contributed by atoms with Crippen LogP contribution in [0.1, 0.15) is 37.0 Å². The molecule has 9 heteroatoms. The van der Waals surface area contributed by atoms with Gasteiger partial charge < -0.3 is 0 Å². The molecule has 2 aromatic carbocycles. The van der Waals surface area contributed by atoms with Crippen LogP contribution in [0.25, 0.3) is 10.2 Å². The number of halogens is 1. The monoisotopic (exact) mass is 451 g/mol. The second-order valence-corrected chi connectivity index (χ2v) is 9.86. The van der Waals surface area contributed by atoms with Crippen molar-refractivity contribution in [3.05, 3.63) is 53.1 Å². The average molecular weight is 452 g/mol. The molecule has 0 saturated heterocycles. The van der Waals surface area contributed by atoms with Gasteiger partial charge >= 0.3 is 0 Å². The van der Waals surface area contributed by atoms with Crippen molar-refractivity contribution in [1.29, 1.82) is 0 Å². The van der Waals surface area contributed by atoms with Gasteiger partial charge in [0.05, 0.1) is 25.7 Å². The first-order chi connectivity index (χ1) is 13.9. The van der Waals surface area contributed by atoms with E-state index in [1.54, 1.807) is 42.5 Å². The second-order valence-electron chi connectivity index (χ2n) is 6.49. The summed E-state index contributed by atoms with van der Waals surface area (Å²) in [5, 5.41) is 3.47. The molecule has 0 spiro atoms. The highest BCUT2D eigenvalue weighted by Gasteiger charge is 2.24. The van der Waals surface area contributed by atoms with E-state index in [1.165, 1.54) is 15.6 Å². The fraction of sp³-hybridized carbons (Fsp3) is 0.300. The third kappa shape index (κ3) is 4.78. The maximum atomic E-state index is 13.0. The van der Waals surface area contributed by atoms with Crippen molar-refractivity contribution in [2.45, 2.75) is 31.6 Å². The predicted octanol–water partition coefficient (Wildman–Crippen LogP) is 5.01. The number of aromatic nitrogens is 1. The molecule has 0 unspecified atom stereocenters. The van der Waals surface area contributed by atoms with Crippen LogP contribution in [0.4, 0.5) is 5.13 Å². The van der Waals surface area contributed by atoms with Gasteiger partial charge in [-0.3, -0.25) is 10.1 Å². The molecule has 0 saturated carbocycles. The van der Waals surface area contributed by atoms with Crippen LogP contribution in [0, 0.1) is 0 Å². The van der Waals surface area contributed by atoms with E-state index < -0.39 is 10.0 Å². The van der Waals surface area contributed by atoms with Gasteiger partial charge in [0, 0.05) is 13.1 Å². The molecule has 0 radical (unpaired) electrons. The van der Waals surface area contributed by atoms with Crippen molar-refractivity contribution in [2.24, 2.45) is 0 Å². The Kier molecular flexibility index (Phi) is 6.89. The zero-order valence-electron chi connectivity index (χ0n) is 16.2. The summed E-state index contributed by atoms with van der Waals surface area (Å²) < 4.78 is 28.2. The molecule has 0 aliphatic carbocycles. The van der Waals surface area contributed by atoms with Crippen LogP contribution in [0.3, 0.4) is 0 Å². The Morgan fingerprint density at radius 3 is 2.48 bits per heavy atom. The molecule has 29 heavy (non-hydrogen) atoms. The third-order valence-corrected chi connectivity index (χ3v) is 7.44. The molecule has 3 rings (SSSR count). The average Bonchev–Trinajstić information content (AvgIpc) is 3.09. The number of thiazole rings is 1. The first-order valence-electron chi connectivity index (χ1n) is 9.33. The molecule has 1 amide bonds. The van der Waals surface area contributed by atoms with Crippen molar-refractivity contribution in [1.82, 2.24) is 9.29 Å². The lowest BCUT2D eigenvalue weighted by Crippen LogP contribution is -2.32. The summed E-state index contributed by atoms with van der Waals surface area (Å²) in [6.07, 6.45) is 1.50. The molecule has 0 aliphatic rings. The molecular weight excluding hydrogens is 430 g/mol. The van der Waals surface area contributed by atoms with Gasteiger partial charge in [-0.15, -0.1) is 0 Å². The molecular formula is C20H22ClN3O3S2. The summed E-state index contributed by atoms with van der Waals surface area (Å²) in [6.45, 7) is 4.88. The normalized spacial score (nSPS) is 11.9. The van der Waals surface area contributed by atoms with E-state index in [0.717, 1.165) is 12.8 Å². The van der Waals surface area contributed by atoms with Crippen LogP contribution < -0.4 is 5.32 Å². The molecule has 0 aliphatic heterocycles. The van der Waals surface area contributed by atoms with Gasteiger partial charge in [-0.05, 0) is 43.2 Å². The van der Waals surface area contributed by atoms with Gasteiger partial charge in [-0.25, -0.2) is 13.4 Å². The van der Waals surface area contributed by atoms with Gasteiger partial charge in [0.25, 0.3) is 5.91 Å². The number of anilines is 1. The number of carbonyl (C=O) groups is 1. The minimum atomic E-state index is -3.57. The maximum absolute atomic E-state index is 13.0. The molecule has 0 atom stereocenters. The van der Waals surface area contributed by atoms with E-state index in [0.29, 0.717) is 39.0 Å². The van der Waals surface area contributed by atoms with Gasteiger partial charge in [-0.2, -0.15) is 4.31 Å². The Morgan fingerprint density at radius 2 is 1.83 bits per heavy atom. The highest BCUT2D eigenvalue weighted by Crippen LogP contribution is 2.30. The molecule has 0 fully saturated rings. The number of nitrogens with zero attached hydrogens (tertiary/aromatic N) is 2. The van der Waals surface area contributed by atoms with Crippen LogP contribution in [0.5, 0.6) is 0 Å². The smallest absolute Gasteiger partial charge is 0.258 e. The van der Waals surface area contributed by atoms with Gasteiger partial charge in [0.2, 0.25) is 10.0 Å². The van der Waals surface area contributed by atoms with Crippen molar-refractivity contribution in [3.8, 4) is 0 Å². The Labute approximate surface area is 179 Å². The number of benzene rings is 2. The lowest BCUT2D eigenvalue weighted by atomic mass is 10.2. The second kappa shape index (κ2) is 9.21. The van der Waals surface area contributed by atoms with E-state index >= 15 is 0 Å². The molecule has 1 heterocycles. The quantitative estimate of drug-likeness (QED) is 0.521. The minimum absolute atomic E-state index is 0.236. The van der Waals surface area contributed by atoms with Crippen molar-refractivity contribution in [3.63, 3.8) is 0 Å². The summed E-state index contributed by atoms with van der Waals surface area (Å²) in [4.78, 5) is 17.1. The van der Waals surface area contributed by atoms with Gasteiger partial charge in [0.15, 0.2) is 5.13 Å². The number of nitrogens with one attached hydrogen (secondary N) is 1. The molecule has 154 valence electrons. The highest BCUT2D eigenvalue weighted by atomic mass is 35.5. The van der Waals surface area contributed by atoms with Crippen LogP contribution in [-0.2, 0) is 10.0 Å². The molecule has 1 N–H and O–H groups in total. The SMILES string of the molecule is CCCN(CCC)S(=O)(=O)c1ccc2nc(NC(=O)c3ccccc3Cl)sc2c1. The summed E-state index contributed by atoms with van der Waals surface area (Å²) in [6, 6.07) is 11.6. The number of rotatable bonds is 8. The Bertz CT molecular complexity index is 1120. The molecule has 1 aromatic heterocycles. The van der Waals surface area contributed by atoms with Crippen molar-refractivity contribution < 1.29 is 13.2 Å². The molecule has 6 nitrogen and oxygen atoms in total. The topological polar surface area (TPSA) is 79.4 Å². The molecule has 0 bridgehead atoms. The van der Waals surface area contributed by atoms with Crippen LogP contribution in [-0.4, -0.2) is 36.7 Å². The van der Waals surface area contributed by atoms with Crippen LogP contribution in [0.15, 0.2) is 47.4 Å². The summed E-state index contributed by atoms with van der Waals surface area (Å²) >= 11 is 7.29. The van der Waals surface area contributed by atoms with Crippen molar-refractivity contribution >= 4 is 54.2 Å². The number of amides is 1. The third-order valence-electron chi connectivity index (χ3n) is 4.28. The Balaban J connectivity index is 1.88. The zero-order valence-corrected chi connectivity index (χ0v) is 18.6. The number of hydrogen-bond acceptors (Lipinski definition) is 5. The van der Waals surface area contributed by atoms with E-state index in [-0.39, 0.29) is 10.8 Å². The number of fused-ring (bicyclic) bond motifs is 1.